The maximum Gasteiger partial charge on any atom is 0.248 e. The maximum atomic E-state index is 6.60. The van der Waals surface area contributed by atoms with Crippen LogP contribution in [0.2, 0.25) is 0 Å². The summed E-state index contributed by atoms with van der Waals surface area (Å²) in [6.45, 7) is 30.1. The van der Waals surface area contributed by atoms with E-state index in [2.05, 4.69) is 136 Å². The largest absolute Gasteiger partial charge is 0.444 e. The molecule has 0 amide bonds. The summed E-state index contributed by atoms with van der Waals surface area (Å²) < 4.78 is 22.9. The van der Waals surface area contributed by atoms with Crippen molar-refractivity contribution in [1.29, 1.82) is 0 Å². The van der Waals surface area contributed by atoms with Gasteiger partial charge in [-0.05, 0) is 35.4 Å². The predicted octanol–water partition coefficient (Wildman–Crippen LogP) is 8.59. The molecule has 0 heterocycles. The molecule has 0 saturated heterocycles. The minimum absolute atomic E-state index is 0.137. The topological polar surface area (TPSA) is 31.4 Å². The zero-order valence-corrected chi connectivity index (χ0v) is 28.1. The highest BCUT2D eigenvalue weighted by Gasteiger charge is 2.28. The Balaban J connectivity index is 2.22. The normalized spacial score (nSPS) is 12.5. The van der Waals surface area contributed by atoms with Crippen molar-refractivity contribution in [3.63, 3.8) is 0 Å². The molecule has 0 unspecified atom stereocenters. The molecule has 6 nitrogen and oxygen atoms in total. The monoisotopic (exact) mass is 576 g/mol. The molecule has 0 bridgehead atoms. The van der Waals surface area contributed by atoms with Crippen LogP contribution in [0.5, 0.6) is 11.5 Å². The SMILES string of the molecule is CCN(CC)P(Oc1ccc(C(C)(C)c2ccc(OP(N(CC)CC)N(CC)CC)cc2)cc1)N(CC)CC. The molecule has 0 aliphatic rings. The first-order valence-corrected chi connectivity index (χ1v) is 17.2. The molecule has 0 radical (unpaired) electrons. The molecule has 0 aliphatic heterocycles. The van der Waals surface area contributed by atoms with Gasteiger partial charge in [-0.25, -0.2) is 18.7 Å². The summed E-state index contributed by atoms with van der Waals surface area (Å²) in [4.78, 5) is 0. The Morgan fingerprint density at radius 2 is 0.692 bits per heavy atom. The quantitative estimate of drug-likeness (QED) is 0.165. The van der Waals surface area contributed by atoms with Crippen molar-refractivity contribution in [3.05, 3.63) is 59.7 Å². The molecule has 0 N–H and O–H groups in total. The number of benzene rings is 2. The fourth-order valence-corrected chi connectivity index (χ4v) is 8.40. The van der Waals surface area contributed by atoms with E-state index in [1.165, 1.54) is 11.1 Å². The molecule has 0 fully saturated rings. The summed E-state index contributed by atoms with van der Waals surface area (Å²) in [7, 11) is -1.65. The number of hydrogen-bond acceptors (Lipinski definition) is 6. The summed E-state index contributed by atoms with van der Waals surface area (Å²) in [5.74, 6) is 1.87. The zero-order chi connectivity index (χ0) is 29.0. The Kier molecular flexibility index (Phi) is 14.7. The Bertz CT molecular complexity index is 827. The molecular formula is C31H54N4O2P2. The van der Waals surface area contributed by atoms with E-state index in [0.717, 1.165) is 63.9 Å². The van der Waals surface area contributed by atoms with Gasteiger partial charge in [-0.15, -0.1) is 0 Å². The highest BCUT2D eigenvalue weighted by Crippen LogP contribution is 2.47. The number of hydrogen-bond donors (Lipinski definition) is 0. The van der Waals surface area contributed by atoms with Gasteiger partial charge in [0, 0.05) is 57.8 Å². The summed E-state index contributed by atoms with van der Waals surface area (Å²) in [6, 6.07) is 17.4. The van der Waals surface area contributed by atoms with Crippen molar-refractivity contribution in [1.82, 2.24) is 18.7 Å². The summed E-state index contributed by atoms with van der Waals surface area (Å²) in [5.41, 5.74) is 2.40. The van der Waals surface area contributed by atoms with Crippen LogP contribution in [-0.4, -0.2) is 71.0 Å². The van der Waals surface area contributed by atoms with Crippen LogP contribution in [0.1, 0.15) is 80.4 Å². The van der Waals surface area contributed by atoms with Gasteiger partial charge in [0.15, 0.2) is 0 Å². The van der Waals surface area contributed by atoms with Crippen LogP contribution < -0.4 is 9.05 Å². The van der Waals surface area contributed by atoms with Crippen LogP contribution in [0, 0.1) is 0 Å². The minimum Gasteiger partial charge on any atom is -0.444 e. The molecular weight excluding hydrogens is 522 g/mol. The summed E-state index contributed by atoms with van der Waals surface area (Å²) >= 11 is 0. The van der Waals surface area contributed by atoms with E-state index < -0.39 is 16.9 Å². The van der Waals surface area contributed by atoms with Crippen molar-refractivity contribution in [2.75, 3.05) is 52.4 Å². The van der Waals surface area contributed by atoms with Crippen LogP contribution in [0.4, 0.5) is 0 Å². The molecule has 0 spiro atoms. The Morgan fingerprint density at radius 1 is 0.462 bits per heavy atom. The fourth-order valence-electron chi connectivity index (χ4n) is 4.67. The molecule has 0 saturated carbocycles. The number of rotatable bonds is 18. The molecule has 220 valence electrons. The first-order valence-electron chi connectivity index (χ1n) is 14.9. The van der Waals surface area contributed by atoms with Crippen molar-refractivity contribution >= 4 is 16.9 Å². The third-order valence-electron chi connectivity index (χ3n) is 7.41. The lowest BCUT2D eigenvalue weighted by molar-refractivity contribution is 0.360. The first kappa shape index (κ1) is 33.9. The first-order chi connectivity index (χ1) is 18.7. The standard InChI is InChI=1S/C31H54N4O2P2/c1-11-32(12-2)38(33(13-3)14-4)36-29-23-19-27(20-24-29)31(9,10)28-21-25-30(26-22-28)37-39(34(15-5)16-6)35(17-7)18-8/h19-26H,11-18H2,1-10H3. The van der Waals surface area contributed by atoms with Crippen molar-refractivity contribution in [2.24, 2.45) is 0 Å². The smallest absolute Gasteiger partial charge is 0.248 e. The van der Waals surface area contributed by atoms with Crippen LogP contribution in [0.25, 0.3) is 0 Å². The lowest BCUT2D eigenvalue weighted by Crippen LogP contribution is -2.31. The molecule has 0 aliphatic carbocycles. The van der Waals surface area contributed by atoms with E-state index in [9.17, 15) is 0 Å². The van der Waals surface area contributed by atoms with E-state index >= 15 is 0 Å². The van der Waals surface area contributed by atoms with Gasteiger partial charge in [-0.1, -0.05) is 93.5 Å². The van der Waals surface area contributed by atoms with Crippen LogP contribution in [0.15, 0.2) is 48.5 Å². The van der Waals surface area contributed by atoms with E-state index in [0.29, 0.717) is 0 Å². The van der Waals surface area contributed by atoms with Gasteiger partial charge in [0.25, 0.3) is 0 Å². The maximum absolute atomic E-state index is 6.60. The van der Waals surface area contributed by atoms with Gasteiger partial charge in [-0.3, -0.25) is 0 Å². The highest BCUT2D eigenvalue weighted by atomic mass is 31.2. The van der Waals surface area contributed by atoms with Gasteiger partial charge >= 0.3 is 0 Å². The number of nitrogens with zero attached hydrogens (tertiary/aromatic N) is 4. The molecule has 0 atom stereocenters. The lowest BCUT2D eigenvalue weighted by Gasteiger charge is -2.36. The molecule has 8 heteroatoms. The molecule has 2 aromatic rings. The predicted molar refractivity (Wildman–Crippen MR) is 172 cm³/mol. The average Bonchev–Trinajstić information content (AvgIpc) is 2.96. The summed E-state index contributed by atoms with van der Waals surface area (Å²) in [6.07, 6.45) is 0. The van der Waals surface area contributed by atoms with Gasteiger partial charge in [0.2, 0.25) is 16.9 Å². The third kappa shape index (κ3) is 8.86. The lowest BCUT2D eigenvalue weighted by atomic mass is 9.78. The molecule has 2 rings (SSSR count). The van der Waals surface area contributed by atoms with E-state index in [1.807, 2.05) is 0 Å². The van der Waals surface area contributed by atoms with Crippen molar-refractivity contribution < 1.29 is 9.05 Å². The summed E-state index contributed by atoms with van der Waals surface area (Å²) in [5, 5.41) is 0. The van der Waals surface area contributed by atoms with Crippen molar-refractivity contribution in [3.8, 4) is 11.5 Å². The minimum atomic E-state index is -0.825. The molecule has 2 aromatic carbocycles. The van der Waals surface area contributed by atoms with Gasteiger partial charge in [-0.2, -0.15) is 0 Å². The Labute approximate surface area is 242 Å². The van der Waals surface area contributed by atoms with Crippen LogP contribution in [-0.2, 0) is 5.41 Å². The van der Waals surface area contributed by atoms with Gasteiger partial charge in [0.05, 0.1) is 0 Å². The molecule has 0 aromatic heterocycles. The van der Waals surface area contributed by atoms with Gasteiger partial charge < -0.3 is 9.05 Å². The van der Waals surface area contributed by atoms with E-state index in [1.54, 1.807) is 0 Å². The second-order valence-electron chi connectivity index (χ2n) is 9.92. The fraction of sp³-hybridized carbons (Fsp3) is 0.613. The van der Waals surface area contributed by atoms with E-state index in [-0.39, 0.29) is 5.41 Å². The second-order valence-corrected chi connectivity index (χ2v) is 13.6. The average molecular weight is 577 g/mol. The van der Waals surface area contributed by atoms with Crippen LogP contribution >= 0.6 is 16.9 Å². The zero-order valence-electron chi connectivity index (χ0n) is 26.3. The van der Waals surface area contributed by atoms with Crippen molar-refractivity contribution in [2.45, 2.75) is 74.7 Å². The molecule has 39 heavy (non-hydrogen) atoms. The highest BCUT2D eigenvalue weighted by molar-refractivity contribution is 7.48. The van der Waals surface area contributed by atoms with Crippen LogP contribution in [0.3, 0.4) is 0 Å². The van der Waals surface area contributed by atoms with E-state index in [4.69, 9.17) is 9.05 Å². The Morgan fingerprint density at radius 3 is 0.897 bits per heavy atom. The second kappa shape index (κ2) is 16.9. The Hall–Kier alpha value is -1.26. The van der Waals surface area contributed by atoms with Gasteiger partial charge in [0.1, 0.15) is 11.5 Å². The third-order valence-corrected chi connectivity index (χ3v) is 12.4.